The molecule has 1 aliphatic heterocycles. The number of hydrogen-bond acceptors (Lipinski definition) is 5. The molecular formula is C11H14N4O. The molecule has 3 heterocycles. The van der Waals surface area contributed by atoms with E-state index in [9.17, 15) is 0 Å². The van der Waals surface area contributed by atoms with Gasteiger partial charge in [0.05, 0.1) is 5.39 Å². The van der Waals surface area contributed by atoms with Crippen molar-refractivity contribution in [2.75, 3.05) is 18.8 Å². The number of fused-ring (bicyclic) bond motifs is 3. The van der Waals surface area contributed by atoms with E-state index in [1.54, 1.807) is 0 Å². The van der Waals surface area contributed by atoms with Gasteiger partial charge in [-0.1, -0.05) is 5.16 Å². The lowest BCUT2D eigenvalue weighted by atomic mass is 9.99. The van der Waals surface area contributed by atoms with Crippen LogP contribution in [0, 0.1) is 6.92 Å². The Morgan fingerprint density at radius 2 is 2.00 bits per heavy atom. The van der Waals surface area contributed by atoms with Crippen molar-refractivity contribution in [2.45, 2.75) is 19.8 Å². The van der Waals surface area contributed by atoms with Crippen LogP contribution in [-0.2, 0) is 12.8 Å². The van der Waals surface area contributed by atoms with Crippen molar-refractivity contribution >= 4 is 16.9 Å². The van der Waals surface area contributed by atoms with E-state index in [0.717, 1.165) is 37.0 Å². The van der Waals surface area contributed by atoms with Crippen LogP contribution in [0.15, 0.2) is 4.52 Å². The lowest BCUT2D eigenvalue weighted by molar-refractivity contribution is 0.452. The number of nitrogens with one attached hydrogen (secondary N) is 1. The van der Waals surface area contributed by atoms with Crippen molar-refractivity contribution in [3.63, 3.8) is 0 Å². The minimum Gasteiger partial charge on any atom is -0.380 e. The first-order valence-electron chi connectivity index (χ1n) is 5.51. The maximum Gasteiger partial charge on any atom is 0.260 e. The summed E-state index contributed by atoms with van der Waals surface area (Å²) >= 11 is 0. The summed E-state index contributed by atoms with van der Waals surface area (Å²) in [5.74, 6) is 0.459. The Kier molecular flexibility index (Phi) is 2.07. The van der Waals surface area contributed by atoms with Gasteiger partial charge in [0.2, 0.25) is 0 Å². The third-order valence-corrected chi connectivity index (χ3v) is 3.18. The van der Waals surface area contributed by atoms with E-state index in [1.165, 1.54) is 11.1 Å². The summed E-state index contributed by atoms with van der Waals surface area (Å²) in [7, 11) is 0. The summed E-state index contributed by atoms with van der Waals surface area (Å²) in [4.78, 5) is 4.41. The SMILES string of the molecule is Cc1nc2onc(N)c2c2c1CCNCC2. The Morgan fingerprint density at radius 1 is 1.25 bits per heavy atom. The van der Waals surface area contributed by atoms with Crippen LogP contribution in [-0.4, -0.2) is 23.2 Å². The van der Waals surface area contributed by atoms with Crippen molar-refractivity contribution in [1.29, 1.82) is 0 Å². The van der Waals surface area contributed by atoms with Crippen LogP contribution in [0.3, 0.4) is 0 Å². The smallest absolute Gasteiger partial charge is 0.260 e. The van der Waals surface area contributed by atoms with Gasteiger partial charge in [-0.25, -0.2) is 4.98 Å². The van der Waals surface area contributed by atoms with Gasteiger partial charge in [-0.2, -0.15) is 0 Å². The highest BCUT2D eigenvalue weighted by Crippen LogP contribution is 2.29. The second-order valence-electron chi connectivity index (χ2n) is 4.15. The van der Waals surface area contributed by atoms with Crippen LogP contribution in [0.4, 0.5) is 5.82 Å². The Hall–Kier alpha value is -1.62. The highest BCUT2D eigenvalue weighted by molar-refractivity contribution is 5.89. The number of hydrogen-bond donors (Lipinski definition) is 2. The molecule has 0 saturated heterocycles. The molecule has 84 valence electrons. The van der Waals surface area contributed by atoms with Gasteiger partial charge < -0.3 is 15.6 Å². The zero-order chi connectivity index (χ0) is 11.1. The summed E-state index contributed by atoms with van der Waals surface area (Å²) in [6.07, 6.45) is 1.95. The van der Waals surface area contributed by atoms with Gasteiger partial charge >= 0.3 is 0 Å². The molecular weight excluding hydrogens is 204 g/mol. The molecule has 0 saturated carbocycles. The molecule has 0 aliphatic carbocycles. The molecule has 0 spiro atoms. The molecule has 0 atom stereocenters. The molecule has 5 heteroatoms. The van der Waals surface area contributed by atoms with Crippen LogP contribution in [0.25, 0.3) is 11.1 Å². The average Bonchev–Trinajstić information content (AvgIpc) is 2.53. The summed E-state index contributed by atoms with van der Waals surface area (Å²) < 4.78 is 5.13. The van der Waals surface area contributed by atoms with Crippen molar-refractivity contribution < 1.29 is 4.52 Å². The molecule has 0 radical (unpaired) electrons. The molecule has 3 N–H and O–H groups in total. The zero-order valence-corrected chi connectivity index (χ0v) is 9.21. The third kappa shape index (κ3) is 1.28. The highest BCUT2D eigenvalue weighted by Gasteiger charge is 2.19. The van der Waals surface area contributed by atoms with Crippen LogP contribution in [0.2, 0.25) is 0 Å². The zero-order valence-electron chi connectivity index (χ0n) is 9.21. The van der Waals surface area contributed by atoms with Gasteiger partial charge in [-0.3, -0.25) is 0 Å². The monoisotopic (exact) mass is 218 g/mol. The highest BCUT2D eigenvalue weighted by atomic mass is 16.5. The van der Waals surface area contributed by atoms with Crippen LogP contribution in [0.1, 0.15) is 16.8 Å². The summed E-state index contributed by atoms with van der Waals surface area (Å²) in [6, 6.07) is 0. The molecule has 3 rings (SSSR count). The second-order valence-corrected chi connectivity index (χ2v) is 4.15. The van der Waals surface area contributed by atoms with Crippen molar-refractivity contribution in [2.24, 2.45) is 0 Å². The number of rotatable bonds is 0. The number of nitrogens with zero attached hydrogens (tertiary/aromatic N) is 2. The predicted molar refractivity (Wildman–Crippen MR) is 61.2 cm³/mol. The largest absolute Gasteiger partial charge is 0.380 e. The summed E-state index contributed by atoms with van der Waals surface area (Å²) in [5, 5.41) is 8.08. The molecule has 0 aromatic carbocycles. The Bertz CT molecular complexity index is 546. The van der Waals surface area contributed by atoms with E-state index in [0.29, 0.717) is 11.5 Å². The van der Waals surface area contributed by atoms with Gasteiger partial charge in [-0.15, -0.1) is 0 Å². The Balaban J connectivity index is 2.35. The standard InChI is InChI=1S/C11H14N4O/c1-6-7-2-4-13-5-3-8(7)9-10(12)15-16-11(9)14-6/h13H,2-5H2,1H3,(H2,12,15). The van der Waals surface area contributed by atoms with Crippen LogP contribution >= 0.6 is 0 Å². The molecule has 2 aromatic rings. The topological polar surface area (TPSA) is 77.0 Å². The van der Waals surface area contributed by atoms with Crippen LogP contribution in [0.5, 0.6) is 0 Å². The Morgan fingerprint density at radius 3 is 2.81 bits per heavy atom. The van der Waals surface area contributed by atoms with E-state index in [-0.39, 0.29) is 0 Å². The number of nitrogens with two attached hydrogens (primary N) is 1. The van der Waals surface area contributed by atoms with Gasteiger partial charge in [0.1, 0.15) is 0 Å². The van der Waals surface area contributed by atoms with Gasteiger partial charge in [0.25, 0.3) is 5.71 Å². The van der Waals surface area contributed by atoms with Crippen molar-refractivity contribution in [1.82, 2.24) is 15.5 Å². The van der Waals surface area contributed by atoms with Crippen LogP contribution < -0.4 is 11.1 Å². The molecule has 0 unspecified atom stereocenters. The van der Waals surface area contributed by atoms with E-state index >= 15 is 0 Å². The van der Waals surface area contributed by atoms with E-state index in [2.05, 4.69) is 15.5 Å². The first kappa shape index (κ1) is 9.59. The number of anilines is 1. The number of nitrogen functional groups attached to an aromatic ring is 1. The fourth-order valence-electron chi connectivity index (χ4n) is 2.40. The lowest BCUT2D eigenvalue weighted by Crippen LogP contribution is -2.16. The number of pyridine rings is 1. The molecule has 0 amide bonds. The molecule has 1 aliphatic rings. The first-order valence-corrected chi connectivity index (χ1v) is 5.51. The quantitative estimate of drug-likeness (QED) is 0.684. The van der Waals surface area contributed by atoms with E-state index in [1.807, 2.05) is 6.92 Å². The minimum absolute atomic E-state index is 0.459. The van der Waals surface area contributed by atoms with E-state index in [4.69, 9.17) is 10.3 Å². The maximum atomic E-state index is 5.84. The van der Waals surface area contributed by atoms with Crippen molar-refractivity contribution in [3.8, 4) is 0 Å². The Labute approximate surface area is 93.0 Å². The second kappa shape index (κ2) is 3.45. The normalized spacial score (nSPS) is 16.1. The lowest BCUT2D eigenvalue weighted by Gasteiger charge is -2.08. The fourth-order valence-corrected chi connectivity index (χ4v) is 2.40. The third-order valence-electron chi connectivity index (χ3n) is 3.18. The first-order chi connectivity index (χ1) is 7.77. The minimum atomic E-state index is 0.459. The van der Waals surface area contributed by atoms with Gasteiger partial charge in [0.15, 0.2) is 5.82 Å². The molecule has 2 aromatic heterocycles. The summed E-state index contributed by atoms with van der Waals surface area (Å²) in [5.41, 5.74) is 9.99. The molecule has 0 fully saturated rings. The predicted octanol–water partition coefficient (Wildman–Crippen LogP) is 0.802. The molecule has 16 heavy (non-hydrogen) atoms. The average molecular weight is 218 g/mol. The fraction of sp³-hybridized carbons (Fsp3) is 0.455. The van der Waals surface area contributed by atoms with E-state index < -0.39 is 0 Å². The van der Waals surface area contributed by atoms with Gasteiger partial charge in [-0.05, 0) is 44.0 Å². The maximum absolute atomic E-state index is 5.84. The number of aryl methyl sites for hydroxylation is 1. The van der Waals surface area contributed by atoms with Gasteiger partial charge in [0, 0.05) is 5.69 Å². The molecule has 0 bridgehead atoms. The molecule has 5 nitrogen and oxygen atoms in total. The number of aromatic nitrogens is 2. The van der Waals surface area contributed by atoms with Crippen molar-refractivity contribution in [3.05, 3.63) is 16.8 Å². The summed E-state index contributed by atoms with van der Waals surface area (Å²) in [6.45, 7) is 3.98.